The van der Waals surface area contributed by atoms with Crippen LogP contribution in [0.15, 0.2) is 17.0 Å². The van der Waals surface area contributed by atoms with Crippen LogP contribution in [-0.4, -0.2) is 26.0 Å². The molecular formula is C12H16F2N2O2S2. The highest BCUT2D eigenvalue weighted by atomic mass is 32.2. The van der Waals surface area contributed by atoms with Crippen molar-refractivity contribution >= 4 is 27.5 Å². The smallest absolute Gasteiger partial charge is 0.246 e. The van der Waals surface area contributed by atoms with Gasteiger partial charge in [-0.25, -0.2) is 21.9 Å². The number of nitrogen functional groups attached to an aromatic ring is 1. The Labute approximate surface area is 121 Å². The van der Waals surface area contributed by atoms with E-state index in [0.717, 1.165) is 25.0 Å². The van der Waals surface area contributed by atoms with Gasteiger partial charge in [0, 0.05) is 17.0 Å². The molecule has 2 rings (SSSR count). The van der Waals surface area contributed by atoms with E-state index in [0.29, 0.717) is 6.42 Å². The molecule has 1 fully saturated rings. The van der Waals surface area contributed by atoms with Gasteiger partial charge in [-0.1, -0.05) is 6.42 Å². The molecule has 1 aliphatic carbocycles. The fourth-order valence-corrected chi connectivity index (χ4v) is 4.89. The van der Waals surface area contributed by atoms with E-state index < -0.39 is 26.6 Å². The van der Waals surface area contributed by atoms with Gasteiger partial charge in [-0.05, 0) is 31.2 Å². The second-order valence-electron chi connectivity index (χ2n) is 4.75. The molecule has 0 bridgehead atoms. The van der Waals surface area contributed by atoms with E-state index in [4.69, 9.17) is 5.73 Å². The monoisotopic (exact) mass is 322 g/mol. The summed E-state index contributed by atoms with van der Waals surface area (Å²) in [6.45, 7) is 0. The van der Waals surface area contributed by atoms with Crippen LogP contribution in [-0.2, 0) is 10.0 Å². The summed E-state index contributed by atoms with van der Waals surface area (Å²) in [5.74, 6) is -2.35. The quantitative estimate of drug-likeness (QED) is 0.833. The minimum atomic E-state index is -4.23. The molecule has 8 heteroatoms. The van der Waals surface area contributed by atoms with Gasteiger partial charge in [-0.15, -0.1) is 0 Å². The molecule has 20 heavy (non-hydrogen) atoms. The Bertz CT molecular complexity index is 584. The second kappa shape index (κ2) is 5.87. The molecule has 0 aliphatic heterocycles. The van der Waals surface area contributed by atoms with E-state index in [1.54, 1.807) is 11.8 Å². The zero-order chi connectivity index (χ0) is 14.9. The Balaban J connectivity index is 2.32. The lowest BCUT2D eigenvalue weighted by atomic mass is 10.3. The largest absolute Gasteiger partial charge is 0.399 e. The fraction of sp³-hybridized carbons (Fsp3) is 0.500. The van der Waals surface area contributed by atoms with Crippen molar-refractivity contribution in [3.63, 3.8) is 0 Å². The molecule has 112 valence electrons. The lowest BCUT2D eigenvalue weighted by molar-refractivity contribution is 0.506. The maximum atomic E-state index is 13.7. The van der Waals surface area contributed by atoms with Gasteiger partial charge in [0.25, 0.3) is 0 Å². The molecule has 0 saturated heterocycles. The first-order chi connectivity index (χ1) is 9.35. The van der Waals surface area contributed by atoms with Crippen LogP contribution >= 0.6 is 11.8 Å². The summed E-state index contributed by atoms with van der Waals surface area (Å²) in [4.78, 5) is -0.960. The van der Waals surface area contributed by atoms with Crippen molar-refractivity contribution in [2.45, 2.75) is 35.4 Å². The number of hydrogen-bond donors (Lipinski definition) is 2. The van der Waals surface area contributed by atoms with Gasteiger partial charge in [-0.3, -0.25) is 0 Å². The summed E-state index contributed by atoms with van der Waals surface area (Å²) in [5, 5.41) is 0.129. The molecule has 1 saturated carbocycles. The van der Waals surface area contributed by atoms with Crippen LogP contribution in [0.3, 0.4) is 0 Å². The summed E-state index contributed by atoms with van der Waals surface area (Å²) >= 11 is 1.55. The zero-order valence-electron chi connectivity index (χ0n) is 10.9. The number of halogens is 2. The Hall–Kier alpha value is -0.860. The van der Waals surface area contributed by atoms with Gasteiger partial charge in [0.15, 0.2) is 4.90 Å². The molecular weight excluding hydrogens is 306 g/mol. The van der Waals surface area contributed by atoms with Gasteiger partial charge >= 0.3 is 0 Å². The average Bonchev–Trinajstić information content (AvgIpc) is 2.73. The van der Waals surface area contributed by atoms with E-state index in [2.05, 4.69) is 4.72 Å². The summed E-state index contributed by atoms with van der Waals surface area (Å²) in [7, 11) is -4.23. The SMILES string of the molecule is CSC1CCCC1NS(=O)(=O)c1c(F)cc(N)cc1F. The molecule has 0 aromatic heterocycles. The van der Waals surface area contributed by atoms with Crippen LogP contribution in [0, 0.1) is 11.6 Å². The summed E-state index contributed by atoms with van der Waals surface area (Å²) in [5.41, 5.74) is 5.13. The van der Waals surface area contributed by atoms with E-state index >= 15 is 0 Å². The van der Waals surface area contributed by atoms with Crippen molar-refractivity contribution in [3.8, 4) is 0 Å². The van der Waals surface area contributed by atoms with E-state index in [-0.39, 0.29) is 17.0 Å². The first-order valence-electron chi connectivity index (χ1n) is 6.15. The lowest BCUT2D eigenvalue weighted by Crippen LogP contribution is -2.39. The third-order valence-electron chi connectivity index (χ3n) is 3.35. The maximum Gasteiger partial charge on any atom is 0.246 e. The number of sulfonamides is 1. The molecule has 1 aromatic rings. The van der Waals surface area contributed by atoms with Crippen molar-refractivity contribution in [1.82, 2.24) is 4.72 Å². The predicted molar refractivity (Wildman–Crippen MR) is 76.0 cm³/mol. The van der Waals surface area contributed by atoms with Crippen LogP contribution < -0.4 is 10.5 Å². The Morgan fingerprint density at radius 3 is 2.45 bits per heavy atom. The summed E-state index contributed by atoms with van der Waals surface area (Å²) < 4.78 is 54.2. The average molecular weight is 322 g/mol. The number of thioether (sulfide) groups is 1. The number of anilines is 1. The number of rotatable bonds is 4. The molecule has 0 amide bonds. The summed E-state index contributed by atoms with van der Waals surface area (Å²) in [6.07, 6.45) is 4.34. The maximum absolute atomic E-state index is 13.7. The number of nitrogens with one attached hydrogen (secondary N) is 1. The van der Waals surface area contributed by atoms with Crippen LogP contribution in [0.5, 0.6) is 0 Å². The highest BCUT2D eigenvalue weighted by molar-refractivity contribution is 7.99. The predicted octanol–water partition coefficient (Wildman–Crippen LogP) is 2.11. The first kappa shape index (κ1) is 15.5. The van der Waals surface area contributed by atoms with Gasteiger partial charge in [-0.2, -0.15) is 11.8 Å². The lowest BCUT2D eigenvalue weighted by Gasteiger charge is -2.19. The highest BCUT2D eigenvalue weighted by Gasteiger charge is 2.33. The molecule has 0 heterocycles. The minimum Gasteiger partial charge on any atom is -0.399 e. The molecule has 2 unspecified atom stereocenters. The number of hydrogen-bond acceptors (Lipinski definition) is 4. The topological polar surface area (TPSA) is 72.2 Å². The van der Waals surface area contributed by atoms with Gasteiger partial charge in [0.2, 0.25) is 10.0 Å². The molecule has 1 aromatic carbocycles. The van der Waals surface area contributed by atoms with Crippen LogP contribution in [0.4, 0.5) is 14.5 Å². The van der Waals surface area contributed by atoms with Crippen molar-refractivity contribution in [2.24, 2.45) is 0 Å². The number of nitrogens with two attached hydrogens (primary N) is 1. The zero-order valence-corrected chi connectivity index (χ0v) is 12.5. The van der Waals surface area contributed by atoms with Crippen LogP contribution in [0.1, 0.15) is 19.3 Å². The van der Waals surface area contributed by atoms with E-state index in [1.165, 1.54) is 0 Å². The van der Waals surface area contributed by atoms with Gasteiger partial charge in [0.05, 0.1) is 0 Å². The molecule has 4 nitrogen and oxygen atoms in total. The molecule has 2 atom stereocenters. The van der Waals surface area contributed by atoms with Crippen molar-refractivity contribution in [1.29, 1.82) is 0 Å². The molecule has 3 N–H and O–H groups in total. The third-order valence-corrected chi connectivity index (χ3v) is 6.06. The minimum absolute atomic E-state index is 0.129. The second-order valence-corrected chi connectivity index (χ2v) is 7.47. The van der Waals surface area contributed by atoms with Crippen LogP contribution in [0.25, 0.3) is 0 Å². The van der Waals surface area contributed by atoms with Gasteiger partial charge in [0.1, 0.15) is 11.6 Å². The van der Waals surface area contributed by atoms with E-state index in [1.807, 2.05) is 6.26 Å². The Kier molecular flexibility index (Phi) is 4.55. The van der Waals surface area contributed by atoms with Crippen molar-refractivity contribution < 1.29 is 17.2 Å². The molecule has 0 radical (unpaired) electrons. The normalized spacial score (nSPS) is 23.1. The van der Waals surface area contributed by atoms with Crippen molar-refractivity contribution in [2.75, 3.05) is 12.0 Å². The Morgan fingerprint density at radius 2 is 1.90 bits per heavy atom. The van der Waals surface area contributed by atoms with E-state index in [9.17, 15) is 17.2 Å². The fourth-order valence-electron chi connectivity index (χ4n) is 2.44. The van der Waals surface area contributed by atoms with Crippen molar-refractivity contribution in [3.05, 3.63) is 23.8 Å². The highest BCUT2D eigenvalue weighted by Crippen LogP contribution is 2.30. The van der Waals surface area contributed by atoms with Gasteiger partial charge < -0.3 is 5.73 Å². The molecule has 1 aliphatic rings. The standard InChI is InChI=1S/C12H16F2N2O2S2/c1-19-11-4-2-3-10(11)16-20(17,18)12-8(13)5-7(15)6-9(12)14/h5-6,10-11,16H,2-4,15H2,1H3. The first-order valence-corrected chi connectivity index (χ1v) is 8.92. The molecule has 0 spiro atoms. The number of benzene rings is 1. The third kappa shape index (κ3) is 3.07. The van der Waals surface area contributed by atoms with Crippen LogP contribution in [0.2, 0.25) is 0 Å². The summed E-state index contributed by atoms with van der Waals surface area (Å²) in [6, 6.07) is 1.31. The Morgan fingerprint density at radius 1 is 1.30 bits per heavy atom.